The molecule has 1 aliphatic carbocycles. The van der Waals surface area contributed by atoms with Crippen LogP contribution < -0.4 is 0 Å². The van der Waals surface area contributed by atoms with Gasteiger partial charge in [0.25, 0.3) is 0 Å². The van der Waals surface area contributed by atoms with Crippen LogP contribution in [0, 0.1) is 0 Å². The fourth-order valence-corrected chi connectivity index (χ4v) is 8.46. The second-order valence-corrected chi connectivity index (χ2v) is 12.9. The van der Waals surface area contributed by atoms with Crippen LogP contribution in [0.4, 0.5) is 0 Å². The molecular weight excluding hydrogens is 579 g/mol. The van der Waals surface area contributed by atoms with Crippen molar-refractivity contribution in [2.75, 3.05) is 0 Å². The van der Waals surface area contributed by atoms with Gasteiger partial charge in [0.2, 0.25) is 0 Å². The third kappa shape index (κ3) is 3.73. The minimum Gasteiger partial charge on any atom is -0.309 e. The van der Waals surface area contributed by atoms with E-state index in [0.717, 1.165) is 0 Å². The quantitative estimate of drug-likeness (QED) is 0.187. The zero-order valence-electron chi connectivity index (χ0n) is 26.3. The summed E-state index contributed by atoms with van der Waals surface area (Å²) in [4.78, 5) is 0. The summed E-state index contributed by atoms with van der Waals surface area (Å²) < 4.78 is 2.40. The highest BCUT2D eigenvalue weighted by Gasteiger charge is 2.46. The first-order valence-corrected chi connectivity index (χ1v) is 16.7. The highest BCUT2D eigenvalue weighted by Crippen LogP contribution is 2.58. The normalized spacial score (nSPS) is 13.2. The van der Waals surface area contributed by atoms with Gasteiger partial charge < -0.3 is 4.57 Å². The molecule has 0 aliphatic heterocycles. The van der Waals surface area contributed by atoms with Crippen LogP contribution in [0.2, 0.25) is 0 Å². The Kier molecular flexibility index (Phi) is 5.86. The van der Waals surface area contributed by atoms with Gasteiger partial charge in [-0.2, -0.15) is 0 Å². The Labute approximate surface area is 280 Å². The van der Waals surface area contributed by atoms with Crippen molar-refractivity contribution in [3.8, 4) is 27.9 Å². The zero-order valence-corrected chi connectivity index (χ0v) is 26.3. The van der Waals surface area contributed by atoms with Gasteiger partial charge in [0.1, 0.15) is 0 Å². The van der Waals surface area contributed by atoms with Crippen LogP contribution in [0.5, 0.6) is 0 Å². The molecule has 0 bridgehead atoms. The lowest BCUT2D eigenvalue weighted by Crippen LogP contribution is -2.28. The molecule has 9 aromatic rings. The van der Waals surface area contributed by atoms with Crippen LogP contribution >= 0.6 is 0 Å². The van der Waals surface area contributed by atoms with Crippen LogP contribution in [0.1, 0.15) is 22.3 Å². The Balaban J connectivity index is 1.27. The fraction of sp³-hybridized carbons (Fsp3) is 0.0213. The van der Waals surface area contributed by atoms with Crippen LogP contribution in [0.25, 0.3) is 60.5 Å². The predicted molar refractivity (Wildman–Crippen MR) is 201 cm³/mol. The number of hydrogen-bond donors (Lipinski definition) is 0. The first-order chi connectivity index (χ1) is 23.8. The summed E-state index contributed by atoms with van der Waals surface area (Å²) in [6, 6.07) is 69.3. The van der Waals surface area contributed by atoms with Crippen molar-refractivity contribution in [3.63, 3.8) is 0 Å². The van der Waals surface area contributed by atoms with Crippen molar-refractivity contribution in [2.24, 2.45) is 0 Å². The molecule has 1 nitrogen and oxygen atoms in total. The van der Waals surface area contributed by atoms with Gasteiger partial charge in [0.15, 0.2) is 0 Å². The lowest BCUT2D eigenvalue weighted by Gasteiger charge is -2.34. The topological polar surface area (TPSA) is 4.93 Å². The minimum atomic E-state index is -0.448. The van der Waals surface area contributed by atoms with Gasteiger partial charge in [0, 0.05) is 16.5 Å². The van der Waals surface area contributed by atoms with Gasteiger partial charge in [-0.15, -0.1) is 0 Å². The SMILES string of the molecule is c1ccc(-n2c3ccccc3c3ccc(-c4ccc5ccc6c(c5c4)C(c4ccccc4)(c4ccccc4)c4ccccc4-6)cc32)cc1. The van der Waals surface area contributed by atoms with Crippen LogP contribution in [-0.2, 0) is 5.41 Å². The average Bonchev–Trinajstić information content (AvgIpc) is 3.66. The number of rotatable bonds is 4. The van der Waals surface area contributed by atoms with E-state index in [-0.39, 0.29) is 0 Å². The molecule has 1 aliphatic rings. The molecule has 48 heavy (non-hydrogen) atoms. The molecule has 0 saturated heterocycles. The summed E-state index contributed by atoms with van der Waals surface area (Å²) in [5.74, 6) is 0. The molecule has 1 heteroatoms. The first kappa shape index (κ1) is 27.0. The van der Waals surface area contributed by atoms with Gasteiger partial charge in [-0.1, -0.05) is 158 Å². The lowest BCUT2D eigenvalue weighted by molar-refractivity contribution is 0.775. The Morgan fingerprint density at radius 3 is 1.73 bits per heavy atom. The maximum absolute atomic E-state index is 2.44. The molecule has 0 fully saturated rings. The van der Waals surface area contributed by atoms with Crippen molar-refractivity contribution < 1.29 is 0 Å². The summed E-state index contributed by atoms with van der Waals surface area (Å²) in [6.45, 7) is 0. The molecule has 0 N–H and O–H groups in total. The predicted octanol–water partition coefficient (Wildman–Crippen LogP) is 12.0. The zero-order chi connectivity index (χ0) is 31.7. The number of para-hydroxylation sites is 2. The van der Waals surface area contributed by atoms with Gasteiger partial charge in [-0.25, -0.2) is 0 Å². The standard InChI is InChI=1S/C47H31N/c1-4-14-35(15-5-1)47(36-16-6-2-7-17-36)43-22-12-10-20-38(43)41-29-26-32-24-25-33(30-42(32)46(41)47)34-27-28-40-39-21-11-13-23-44(39)48(45(40)31-34)37-18-8-3-9-19-37/h1-31H. The Morgan fingerprint density at radius 1 is 0.375 bits per heavy atom. The molecule has 0 saturated carbocycles. The molecule has 1 heterocycles. The highest BCUT2D eigenvalue weighted by molar-refractivity contribution is 6.10. The van der Waals surface area contributed by atoms with E-state index in [1.165, 1.54) is 82.8 Å². The number of hydrogen-bond acceptors (Lipinski definition) is 0. The molecule has 0 atom stereocenters. The summed E-state index contributed by atoms with van der Waals surface area (Å²) in [7, 11) is 0. The maximum Gasteiger partial charge on any atom is 0.0719 e. The van der Waals surface area contributed by atoms with E-state index in [2.05, 4.69) is 193 Å². The van der Waals surface area contributed by atoms with Crippen molar-refractivity contribution in [2.45, 2.75) is 5.41 Å². The van der Waals surface area contributed by atoms with Crippen LogP contribution in [0.3, 0.4) is 0 Å². The smallest absolute Gasteiger partial charge is 0.0719 e. The van der Waals surface area contributed by atoms with Gasteiger partial charge in [-0.05, 0) is 85.6 Å². The summed E-state index contributed by atoms with van der Waals surface area (Å²) in [5, 5.41) is 5.08. The molecule has 224 valence electrons. The Bertz CT molecular complexity index is 2610. The second kappa shape index (κ2) is 10.4. The Hall–Kier alpha value is -6.18. The maximum atomic E-state index is 2.44. The van der Waals surface area contributed by atoms with Crippen LogP contribution in [-0.4, -0.2) is 4.57 Å². The van der Waals surface area contributed by atoms with Gasteiger partial charge in [-0.3, -0.25) is 0 Å². The number of nitrogens with zero attached hydrogens (tertiary/aromatic N) is 1. The van der Waals surface area contributed by atoms with Gasteiger partial charge in [0.05, 0.1) is 16.4 Å². The molecule has 1 aromatic heterocycles. The lowest BCUT2D eigenvalue weighted by atomic mass is 9.66. The third-order valence-corrected chi connectivity index (χ3v) is 10.5. The van der Waals surface area contributed by atoms with E-state index < -0.39 is 5.41 Å². The van der Waals surface area contributed by atoms with E-state index >= 15 is 0 Å². The van der Waals surface area contributed by atoms with E-state index in [0.29, 0.717) is 0 Å². The molecule has 0 amide bonds. The fourth-order valence-electron chi connectivity index (χ4n) is 8.46. The first-order valence-electron chi connectivity index (χ1n) is 16.7. The molecule has 0 unspecified atom stereocenters. The van der Waals surface area contributed by atoms with Gasteiger partial charge >= 0.3 is 0 Å². The number of aromatic nitrogens is 1. The molecular formula is C47H31N. The monoisotopic (exact) mass is 609 g/mol. The average molecular weight is 610 g/mol. The van der Waals surface area contributed by atoms with Crippen molar-refractivity contribution in [1.29, 1.82) is 0 Å². The number of benzene rings is 8. The molecule has 10 rings (SSSR count). The third-order valence-electron chi connectivity index (χ3n) is 10.5. The van der Waals surface area contributed by atoms with Crippen molar-refractivity contribution in [3.05, 3.63) is 210 Å². The minimum absolute atomic E-state index is 0.448. The van der Waals surface area contributed by atoms with Crippen molar-refractivity contribution in [1.82, 2.24) is 4.57 Å². The van der Waals surface area contributed by atoms with E-state index in [1.54, 1.807) is 0 Å². The summed E-state index contributed by atoms with van der Waals surface area (Å²) in [6.07, 6.45) is 0. The van der Waals surface area contributed by atoms with Crippen molar-refractivity contribution >= 4 is 32.6 Å². The Morgan fingerprint density at radius 2 is 0.958 bits per heavy atom. The number of fused-ring (bicyclic) bond motifs is 8. The summed E-state index contributed by atoms with van der Waals surface area (Å²) >= 11 is 0. The van der Waals surface area contributed by atoms with Crippen LogP contribution in [0.15, 0.2) is 188 Å². The van der Waals surface area contributed by atoms with E-state index in [9.17, 15) is 0 Å². The molecule has 0 radical (unpaired) electrons. The molecule has 0 spiro atoms. The largest absolute Gasteiger partial charge is 0.309 e. The van der Waals surface area contributed by atoms with E-state index in [4.69, 9.17) is 0 Å². The summed E-state index contributed by atoms with van der Waals surface area (Å²) in [5.41, 5.74) is 13.5. The second-order valence-electron chi connectivity index (χ2n) is 12.9. The molecule has 8 aromatic carbocycles. The van der Waals surface area contributed by atoms with E-state index in [1.807, 2.05) is 0 Å². The highest BCUT2D eigenvalue weighted by atomic mass is 15.0.